The SMILES string of the molecule is CC(NCc1cccc(OCc2ccccn2)c1)c1nc2ccccc2[nH]1. The Balaban J connectivity index is 1.36. The Kier molecular flexibility index (Phi) is 5.12. The highest BCUT2D eigenvalue weighted by Gasteiger charge is 2.10. The number of aromatic amines is 1. The van der Waals surface area contributed by atoms with Crippen LogP contribution in [-0.4, -0.2) is 15.0 Å². The second kappa shape index (κ2) is 8.01. The van der Waals surface area contributed by atoms with Crippen molar-refractivity contribution in [3.05, 3.63) is 90.0 Å². The van der Waals surface area contributed by atoms with E-state index in [0.29, 0.717) is 6.61 Å². The molecule has 0 fully saturated rings. The van der Waals surface area contributed by atoms with E-state index in [0.717, 1.165) is 40.4 Å². The molecule has 1 atom stereocenters. The number of aromatic nitrogens is 3. The first-order valence-corrected chi connectivity index (χ1v) is 9.07. The molecule has 0 spiro atoms. The third kappa shape index (κ3) is 4.33. The number of fused-ring (bicyclic) bond motifs is 1. The van der Waals surface area contributed by atoms with Gasteiger partial charge in [-0.05, 0) is 48.9 Å². The molecule has 0 aliphatic heterocycles. The van der Waals surface area contributed by atoms with Crippen molar-refractivity contribution in [3.8, 4) is 5.75 Å². The van der Waals surface area contributed by atoms with Crippen molar-refractivity contribution >= 4 is 11.0 Å². The first-order chi connectivity index (χ1) is 13.3. The largest absolute Gasteiger partial charge is 0.487 e. The Bertz CT molecular complexity index is 980. The van der Waals surface area contributed by atoms with Crippen LogP contribution in [0.15, 0.2) is 72.9 Å². The fourth-order valence-corrected chi connectivity index (χ4v) is 2.93. The molecule has 2 aromatic heterocycles. The van der Waals surface area contributed by atoms with Crippen molar-refractivity contribution in [2.45, 2.75) is 26.1 Å². The van der Waals surface area contributed by atoms with Gasteiger partial charge in [-0.1, -0.05) is 30.3 Å². The molecule has 5 heteroatoms. The summed E-state index contributed by atoms with van der Waals surface area (Å²) in [5.74, 6) is 1.79. The average Bonchev–Trinajstić information content (AvgIpc) is 3.16. The van der Waals surface area contributed by atoms with Crippen LogP contribution in [0, 0.1) is 0 Å². The Hall–Kier alpha value is -3.18. The lowest BCUT2D eigenvalue weighted by molar-refractivity contribution is 0.301. The van der Waals surface area contributed by atoms with E-state index < -0.39 is 0 Å². The summed E-state index contributed by atoms with van der Waals surface area (Å²) in [6.07, 6.45) is 1.78. The van der Waals surface area contributed by atoms with Gasteiger partial charge in [0, 0.05) is 12.7 Å². The maximum atomic E-state index is 5.86. The lowest BCUT2D eigenvalue weighted by Crippen LogP contribution is -2.19. The standard InChI is InChI=1S/C22H22N4O/c1-16(22-25-20-10-2-3-11-21(20)26-22)24-14-17-7-6-9-19(13-17)27-15-18-8-4-5-12-23-18/h2-13,16,24H,14-15H2,1H3,(H,25,26). The van der Waals surface area contributed by atoms with E-state index in [9.17, 15) is 0 Å². The molecule has 1 unspecified atom stereocenters. The molecule has 2 heterocycles. The summed E-state index contributed by atoms with van der Waals surface area (Å²) >= 11 is 0. The highest BCUT2D eigenvalue weighted by Crippen LogP contribution is 2.18. The zero-order valence-corrected chi connectivity index (χ0v) is 15.2. The summed E-state index contributed by atoms with van der Waals surface area (Å²) < 4.78 is 5.86. The number of benzene rings is 2. The van der Waals surface area contributed by atoms with Crippen LogP contribution >= 0.6 is 0 Å². The van der Waals surface area contributed by atoms with Gasteiger partial charge in [0.25, 0.3) is 0 Å². The lowest BCUT2D eigenvalue weighted by Gasteiger charge is -2.12. The van der Waals surface area contributed by atoms with E-state index in [1.807, 2.05) is 54.6 Å². The molecule has 0 radical (unpaired) electrons. The van der Waals surface area contributed by atoms with Gasteiger partial charge >= 0.3 is 0 Å². The quantitative estimate of drug-likeness (QED) is 0.514. The molecule has 2 aromatic carbocycles. The van der Waals surface area contributed by atoms with E-state index in [1.165, 1.54) is 0 Å². The van der Waals surface area contributed by atoms with E-state index in [2.05, 4.69) is 39.3 Å². The minimum Gasteiger partial charge on any atom is -0.487 e. The van der Waals surface area contributed by atoms with Gasteiger partial charge in [-0.15, -0.1) is 0 Å². The molecular formula is C22H22N4O. The van der Waals surface area contributed by atoms with E-state index in [-0.39, 0.29) is 6.04 Å². The minimum atomic E-state index is 0.121. The van der Waals surface area contributed by atoms with Crippen LogP contribution in [0.3, 0.4) is 0 Å². The van der Waals surface area contributed by atoms with Crippen LogP contribution in [0.2, 0.25) is 0 Å². The number of ether oxygens (including phenoxy) is 1. The van der Waals surface area contributed by atoms with Gasteiger partial charge in [0.05, 0.1) is 22.8 Å². The second-order valence-electron chi connectivity index (χ2n) is 6.50. The van der Waals surface area contributed by atoms with Gasteiger partial charge in [0.2, 0.25) is 0 Å². The highest BCUT2D eigenvalue weighted by atomic mass is 16.5. The van der Waals surface area contributed by atoms with Crippen LogP contribution in [0.4, 0.5) is 0 Å². The van der Waals surface area contributed by atoms with Crippen molar-refractivity contribution in [1.29, 1.82) is 0 Å². The van der Waals surface area contributed by atoms with Crippen molar-refractivity contribution in [2.24, 2.45) is 0 Å². The van der Waals surface area contributed by atoms with Crippen LogP contribution in [0.5, 0.6) is 5.75 Å². The topological polar surface area (TPSA) is 62.8 Å². The molecule has 4 rings (SSSR count). The smallest absolute Gasteiger partial charge is 0.130 e. The first kappa shape index (κ1) is 17.2. The Morgan fingerprint density at radius 1 is 1.04 bits per heavy atom. The molecule has 27 heavy (non-hydrogen) atoms. The predicted molar refractivity (Wildman–Crippen MR) is 106 cm³/mol. The summed E-state index contributed by atoms with van der Waals surface area (Å²) in [5.41, 5.74) is 4.13. The number of H-pyrrole nitrogens is 1. The maximum absolute atomic E-state index is 5.86. The zero-order valence-electron chi connectivity index (χ0n) is 15.2. The van der Waals surface area contributed by atoms with Crippen molar-refractivity contribution in [3.63, 3.8) is 0 Å². The molecular weight excluding hydrogens is 336 g/mol. The molecule has 0 aliphatic rings. The number of imidazole rings is 1. The van der Waals surface area contributed by atoms with Crippen LogP contribution in [0.1, 0.15) is 30.0 Å². The molecule has 2 N–H and O–H groups in total. The summed E-state index contributed by atoms with van der Waals surface area (Å²) in [5, 5.41) is 3.52. The molecule has 0 bridgehead atoms. The molecule has 0 amide bonds. The van der Waals surface area contributed by atoms with Crippen LogP contribution < -0.4 is 10.1 Å². The molecule has 0 saturated heterocycles. The first-order valence-electron chi connectivity index (χ1n) is 9.07. The van der Waals surface area contributed by atoms with Crippen molar-refractivity contribution < 1.29 is 4.74 Å². The van der Waals surface area contributed by atoms with Crippen molar-refractivity contribution in [2.75, 3.05) is 0 Å². The summed E-state index contributed by atoms with van der Waals surface area (Å²) in [7, 11) is 0. The molecule has 4 aromatic rings. The van der Waals surface area contributed by atoms with Crippen LogP contribution in [0.25, 0.3) is 11.0 Å². The summed E-state index contributed by atoms with van der Waals surface area (Å²) in [6.45, 7) is 3.31. The minimum absolute atomic E-state index is 0.121. The lowest BCUT2D eigenvalue weighted by atomic mass is 10.2. The Morgan fingerprint density at radius 3 is 2.78 bits per heavy atom. The normalized spacial score (nSPS) is 12.2. The third-order valence-electron chi connectivity index (χ3n) is 4.44. The number of rotatable bonds is 7. The monoisotopic (exact) mass is 358 g/mol. The van der Waals surface area contributed by atoms with E-state index in [1.54, 1.807) is 6.20 Å². The second-order valence-corrected chi connectivity index (χ2v) is 6.50. The maximum Gasteiger partial charge on any atom is 0.130 e. The number of para-hydroxylation sites is 2. The van der Waals surface area contributed by atoms with Gasteiger partial charge < -0.3 is 15.0 Å². The van der Waals surface area contributed by atoms with Gasteiger partial charge in [0.1, 0.15) is 18.2 Å². The van der Waals surface area contributed by atoms with Gasteiger partial charge in [-0.25, -0.2) is 4.98 Å². The Labute approximate surface area is 158 Å². The van der Waals surface area contributed by atoms with Crippen molar-refractivity contribution in [1.82, 2.24) is 20.3 Å². The van der Waals surface area contributed by atoms with Crippen LogP contribution in [-0.2, 0) is 13.2 Å². The van der Waals surface area contributed by atoms with Gasteiger partial charge in [-0.3, -0.25) is 4.98 Å². The van der Waals surface area contributed by atoms with E-state index in [4.69, 9.17) is 4.74 Å². The average molecular weight is 358 g/mol. The third-order valence-corrected chi connectivity index (χ3v) is 4.44. The number of nitrogens with zero attached hydrogens (tertiary/aromatic N) is 2. The number of hydrogen-bond acceptors (Lipinski definition) is 4. The molecule has 5 nitrogen and oxygen atoms in total. The van der Waals surface area contributed by atoms with E-state index >= 15 is 0 Å². The fourth-order valence-electron chi connectivity index (χ4n) is 2.93. The number of nitrogens with one attached hydrogen (secondary N) is 2. The fraction of sp³-hybridized carbons (Fsp3) is 0.182. The molecule has 0 aliphatic carbocycles. The summed E-state index contributed by atoms with van der Waals surface area (Å²) in [4.78, 5) is 12.3. The van der Waals surface area contributed by atoms with Gasteiger partial charge in [0.15, 0.2) is 0 Å². The number of hydrogen-bond donors (Lipinski definition) is 2. The molecule has 0 saturated carbocycles. The zero-order chi connectivity index (χ0) is 18.5. The van der Waals surface area contributed by atoms with Gasteiger partial charge in [-0.2, -0.15) is 0 Å². The highest BCUT2D eigenvalue weighted by molar-refractivity contribution is 5.74. The summed E-state index contributed by atoms with van der Waals surface area (Å²) in [6, 6.07) is 22.1. The number of pyridine rings is 1. The Morgan fingerprint density at radius 2 is 1.93 bits per heavy atom. The molecule has 136 valence electrons. The predicted octanol–water partition coefficient (Wildman–Crippen LogP) is 4.39.